The van der Waals surface area contributed by atoms with E-state index in [0.29, 0.717) is 18.7 Å². The molecule has 2 heterocycles. The van der Waals surface area contributed by atoms with Crippen molar-refractivity contribution in [1.82, 2.24) is 10.8 Å². The van der Waals surface area contributed by atoms with Gasteiger partial charge in [0.1, 0.15) is 12.2 Å². The van der Waals surface area contributed by atoms with E-state index in [1.54, 1.807) is 30.5 Å². The lowest BCUT2D eigenvalue weighted by molar-refractivity contribution is -0.276. The number of hydrogen-bond donors (Lipinski definition) is 3. The molecule has 2 unspecified atom stereocenters. The van der Waals surface area contributed by atoms with Gasteiger partial charge in [0.25, 0.3) is 0 Å². The minimum atomic E-state index is -4.28. The molecule has 0 amide bonds. The van der Waals surface area contributed by atoms with E-state index in [1.165, 1.54) is 26.0 Å². The average molecular weight is 439 g/mol. The van der Waals surface area contributed by atoms with Crippen LogP contribution in [0.4, 0.5) is 0 Å². The first-order valence-electron chi connectivity index (χ1n) is 10.00. The normalized spacial score (nSPS) is 21.9. The second kappa shape index (κ2) is 9.07. The van der Waals surface area contributed by atoms with Gasteiger partial charge in [-0.2, -0.15) is 0 Å². The first-order valence-corrected chi connectivity index (χ1v) is 11.5. The molecule has 1 saturated heterocycles. The summed E-state index contributed by atoms with van der Waals surface area (Å²) in [5.41, 5.74) is 1.61. The second-order valence-corrected chi connectivity index (χ2v) is 10.0. The molecule has 0 radical (unpaired) electrons. The zero-order chi connectivity index (χ0) is 21.8. The third kappa shape index (κ3) is 4.70. The molecule has 1 aromatic rings. The monoisotopic (exact) mass is 438 g/mol. The van der Waals surface area contributed by atoms with Crippen molar-refractivity contribution in [2.24, 2.45) is 0 Å². The van der Waals surface area contributed by atoms with Crippen molar-refractivity contribution in [2.75, 3.05) is 19.7 Å². The lowest BCUT2D eigenvalue weighted by Gasteiger charge is -2.44. The Kier molecular flexibility index (Phi) is 6.88. The fourth-order valence-electron chi connectivity index (χ4n) is 3.42. The van der Waals surface area contributed by atoms with Gasteiger partial charge in [0.05, 0.1) is 11.0 Å². The maximum atomic E-state index is 13.8. The quantitative estimate of drug-likeness (QED) is 0.529. The molecular weight excluding hydrogens is 408 g/mol. The molecule has 0 saturated carbocycles. The van der Waals surface area contributed by atoms with E-state index in [4.69, 9.17) is 14.3 Å². The van der Waals surface area contributed by atoms with E-state index in [1.807, 2.05) is 6.92 Å². The van der Waals surface area contributed by atoms with Crippen LogP contribution in [0.1, 0.15) is 32.3 Å². The molecule has 1 aromatic carbocycles. The van der Waals surface area contributed by atoms with Crippen molar-refractivity contribution in [3.05, 3.63) is 53.9 Å². The molecule has 2 aliphatic heterocycles. The van der Waals surface area contributed by atoms with E-state index in [2.05, 4.69) is 10.8 Å². The SMILES string of the molecule is Cc1ccc(S(=O)(=O)C(OCC2=CC=CNO2)(OC2CCCNC2)C(C)(C)O)cc1. The third-order valence-corrected chi connectivity index (χ3v) is 7.36. The maximum absolute atomic E-state index is 13.8. The molecule has 9 heteroatoms. The van der Waals surface area contributed by atoms with E-state index in [-0.39, 0.29) is 11.5 Å². The number of sulfone groups is 1. The molecule has 3 N–H and O–H groups in total. The van der Waals surface area contributed by atoms with Crippen LogP contribution in [0.2, 0.25) is 0 Å². The summed E-state index contributed by atoms with van der Waals surface area (Å²) in [6.45, 7) is 5.71. The van der Waals surface area contributed by atoms with Crippen molar-refractivity contribution >= 4 is 9.84 Å². The van der Waals surface area contributed by atoms with Crippen LogP contribution in [-0.4, -0.2) is 50.0 Å². The molecule has 2 aliphatic rings. The smallest absolute Gasteiger partial charge is 0.308 e. The number of rotatable bonds is 8. The number of aryl methyl sites for hydroxylation is 1. The van der Waals surface area contributed by atoms with Crippen LogP contribution in [0.15, 0.2) is 53.3 Å². The summed E-state index contributed by atoms with van der Waals surface area (Å²) in [6.07, 6.45) is 5.98. The summed E-state index contributed by atoms with van der Waals surface area (Å²) < 4.78 is 39.7. The van der Waals surface area contributed by atoms with Gasteiger partial charge in [-0.1, -0.05) is 17.7 Å². The Labute approximate surface area is 177 Å². The topological polar surface area (TPSA) is 106 Å². The summed E-state index contributed by atoms with van der Waals surface area (Å²) in [5, 5.41) is 12.0. The second-order valence-electron chi connectivity index (χ2n) is 8.02. The number of benzene rings is 1. The fourth-order valence-corrected chi connectivity index (χ4v) is 5.36. The minimum absolute atomic E-state index is 0.00977. The van der Waals surface area contributed by atoms with E-state index in [9.17, 15) is 13.5 Å². The molecule has 0 spiro atoms. The highest BCUT2D eigenvalue weighted by atomic mass is 32.2. The number of allylic oxidation sites excluding steroid dienone is 2. The summed E-state index contributed by atoms with van der Waals surface area (Å²) in [6, 6.07) is 6.40. The number of nitrogens with one attached hydrogen (secondary N) is 2. The van der Waals surface area contributed by atoms with Gasteiger partial charge in [-0.05, 0) is 64.4 Å². The van der Waals surface area contributed by atoms with Gasteiger partial charge < -0.3 is 24.7 Å². The Morgan fingerprint density at radius 3 is 2.57 bits per heavy atom. The predicted octanol–water partition coefficient (Wildman–Crippen LogP) is 1.91. The third-order valence-electron chi connectivity index (χ3n) is 5.05. The molecule has 0 aromatic heterocycles. The largest absolute Gasteiger partial charge is 0.385 e. The van der Waals surface area contributed by atoms with Gasteiger partial charge in [0, 0.05) is 12.7 Å². The summed E-state index contributed by atoms with van der Waals surface area (Å²) in [5.74, 6) is 0.357. The van der Waals surface area contributed by atoms with Crippen LogP contribution in [0.25, 0.3) is 0 Å². The molecule has 166 valence electrons. The average Bonchev–Trinajstić information content (AvgIpc) is 2.72. The summed E-state index contributed by atoms with van der Waals surface area (Å²) >= 11 is 0. The molecule has 1 fully saturated rings. The number of hydrogen-bond acceptors (Lipinski definition) is 8. The van der Waals surface area contributed by atoms with Crippen LogP contribution in [0, 0.1) is 6.92 Å². The first kappa shape index (κ1) is 22.8. The molecule has 8 nitrogen and oxygen atoms in total. The van der Waals surface area contributed by atoms with Gasteiger partial charge in [-0.25, -0.2) is 13.9 Å². The minimum Gasteiger partial charge on any atom is -0.385 e. The zero-order valence-electron chi connectivity index (χ0n) is 17.6. The Morgan fingerprint density at radius 2 is 2.00 bits per heavy atom. The van der Waals surface area contributed by atoms with Gasteiger partial charge in [0.15, 0.2) is 5.76 Å². The Hall–Kier alpha value is -1.91. The van der Waals surface area contributed by atoms with Gasteiger partial charge in [-0.3, -0.25) is 0 Å². The van der Waals surface area contributed by atoms with Gasteiger partial charge in [0.2, 0.25) is 9.84 Å². The van der Waals surface area contributed by atoms with Crippen molar-refractivity contribution in [3.63, 3.8) is 0 Å². The van der Waals surface area contributed by atoms with Crippen LogP contribution in [0.3, 0.4) is 0 Å². The standard InChI is InChI=1S/C21H30N2O6S/c1-16-8-10-19(11-9-16)30(25,26)21(20(2,3)24,28-17-6-4-12-22-14-17)27-15-18-7-5-13-23-29-18/h5,7-11,13,17,22-24H,4,6,12,14-15H2,1-3H3. The Bertz CT molecular complexity index is 883. The predicted molar refractivity (Wildman–Crippen MR) is 112 cm³/mol. The lowest BCUT2D eigenvalue weighted by Crippen LogP contribution is -2.62. The summed E-state index contributed by atoms with van der Waals surface area (Å²) in [4.78, 5) is 5.27. The van der Waals surface area contributed by atoms with Gasteiger partial charge >= 0.3 is 5.12 Å². The molecule has 30 heavy (non-hydrogen) atoms. The molecular formula is C21H30N2O6S. The molecule has 2 atom stereocenters. The Morgan fingerprint density at radius 1 is 1.27 bits per heavy atom. The number of hydroxylamine groups is 1. The van der Waals surface area contributed by atoms with E-state index in [0.717, 1.165) is 18.5 Å². The van der Waals surface area contributed by atoms with Crippen LogP contribution in [-0.2, 0) is 24.1 Å². The van der Waals surface area contributed by atoms with E-state index < -0.39 is 26.7 Å². The number of piperidine rings is 1. The Balaban J connectivity index is 2.04. The van der Waals surface area contributed by atoms with Crippen LogP contribution < -0.4 is 10.8 Å². The number of ether oxygens (including phenoxy) is 2. The van der Waals surface area contributed by atoms with Crippen LogP contribution >= 0.6 is 0 Å². The fraction of sp³-hybridized carbons (Fsp3) is 0.524. The zero-order valence-corrected chi connectivity index (χ0v) is 18.4. The summed E-state index contributed by atoms with van der Waals surface area (Å²) in [7, 11) is -4.28. The highest BCUT2D eigenvalue weighted by molar-refractivity contribution is 7.92. The first-order chi connectivity index (χ1) is 14.2. The highest BCUT2D eigenvalue weighted by Gasteiger charge is 2.59. The number of aliphatic hydroxyl groups is 1. The van der Waals surface area contributed by atoms with Crippen molar-refractivity contribution in [2.45, 2.75) is 55.3 Å². The molecule has 0 aliphatic carbocycles. The lowest BCUT2D eigenvalue weighted by atomic mass is 10.1. The maximum Gasteiger partial charge on any atom is 0.308 e. The van der Waals surface area contributed by atoms with E-state index >= 15 is 0 Å². The van der Waals surface area contributed by atoms with Crippen molar-refractivity contribution < 1.29 is 27.8 Å². The highest BCUT2D eigenvalue weighted by Crippen LogP contribution is 2.40. The van der Waals surface area contributed by atoms with Crippen molar-refractivity contribution in [1.29, 1.82) is 0 Å². The molecule has 0 bridgehead atoms. The van der Waals surface area contributed by atoms with Crippen LogP contribution in [0.5, 0.6) is 0 Å². The van der Waals surface area contributed by atoms with Gasteiger partial charge in [-0.15, -0.1) is 0 Å². The van der Waals surface area contributed by atoms with Crippen molar-refractivity contribution in [3.8, 4) is 0 Å². The molecule has 3 rings (SSSR count).